The Kier molecular flexibility index (Phi) is 6.59. The lowest BCUT2D eigenvalue weighted by Gasteiger charge is -2.26. The average molecular weight is 408 g/mol. The fraction of sp³-hybridized carbons (Fsp3) is 0.526. The zero-order chi connectivity index (χ0) is 19.4. The highest BCUT2D eigenvalue weighted by atomic mass is 32.2. The van der Waals surface area contributed by atoms with E-state index in [1.807, 2.05) is 6.92 Å². The van der Waals surface area contributed by atoms with Gasteiger partial charge in [-0.15, -0.1) is 11.3 Å². The van der Waals surface area contributed by atoms with Crippen molar-refractivity contribution in [2.75, 3.05) is 18.2 Å². The molecule has 2 aromatic rings. The van der Waals surface area contributed by atoms with Crippen LogP contribution >= 0.6 is 23.1 Å². The molecule has 1 fully saturated rings. The SMILES string of the molecule is COC(=O)c1sccc1NC(=O)CSc1nc(C)c(C)n1C1CCCCC1. The standard InChI is InChI=1S/C19H25N3O3S2/c1-12-13(2)22(14-7-5-4-6-8-14)19(20-12)27-11-16(23)21-15-9-10-26-17(15)18(24)25-3/h9-10,14H,4-8,11H2,1-3H3,(H,21,23). The van der Waals surface area contributed by atoms with Crippen molar-refractivity contribution in [3.8, 4) is 0 Å². The van der Waals surface area contributed by atoms with Gasteiger partial charge in [-0.2, -0.15) is 0 Å². The van der Waals surface area contributed by atoms with Crippen molar-refractivity contribution in [2.24, 2.45) is 0 Å². The smallest absolute Gasteiger partial charge is 0.350 e. The number of carbonyl (C=O) groups is 2. The molecule has 0 bridgehead atoms. The van der Waals surface area contributed by atoms with Crippen molar-refractivity contribution in [3.63, 3.8) is 0 Å². The number of nitrogens with zero attached hydrogens (tertiary/aromatic N) is 2. The van der Waals surface area contributed by atoms with Gasteiger partial charge in [-0.25, -0.2) is 9.78 Å². The molecule has 1 N–H and O–H groups in total. The number of rotatable bonds is 6. The van der Waals surface area contributed by atoms with Gasteiger partial charge < -0.3 is 14.6 Å². The molecule has 146 valence electrons. The van der Waals surface area contributed by atoms with Gasteiger partial charge in [0, 0.05) is 11.7 Å². The lowest BCUT2D eigenvalue weighted by atomic mass is 9.95. The number of methoxy groups -OCH3 is 1. The Morgan fingerprint density at radius 2 is 2.07 bits per heavy atom. The molecule has 6 nitrogen and oxygen atoms in total. The molecular weight excluding hydrogens is 382 g/mol. The summed E-state index contributed by atoms with van der Waals surface area (Å²) in [6, 6.07) is 2.20. The van der Waals surface area contributed by atoms with Gasteiger partial charge in [-0.3, -0.25) is 4.79 Å². The minimum absolute atomic E-state index is 0.156. The second kappa shape index (κ2) is 8.93. The first-order valence-corrected chi connectivity index (χ1v) is 11.0. The number of ether oxygens (including phenoxy) is 1. The number of thiophene rings is 1. The second-order valence-electron chi connectivity index (χ2n) is 6.72. The van der Waals surface area contributed by atoms with Crippen molar-refractivity contribution < 1.29 is 14.3 Å². The third-order valence-corrected chi connectivity index (χ3v) is 6.78. The van der Waals surface area contributed by atoms with Gasteiger partial charge >= 0.3 is 5.97 Å². The van der Waals surface area contributed by atoms with E-state index in [-0.39, 0.29) is 11.7 Å². The summed E-state index contributed by atoms with van der Waals surface area (Å²) in [6.07, 6.45) is 6.15. The molecule has 0 atom stereocenters. The maximum Gasteiger partial charge on any atom is 0.350 e. The number of thioether (sulfide) groups is 1. The highest BCUT2D eigenvalue weighted by molar-refractivity contribution is 7.99. The maximum absolute atomic E-state index is 12.4. The largest absolute Gasteiger partial charge is 0.465 e. The van der Waals surface area contributed by atoms with Gasteiger partial charge in [0.25, 0.3) is 0 Å². The van der Waals surface area contributed by atoms with E-state index >= 15 is 0 Å². The molecule has 2 aromatic heterocycles. The van der Waals surface area contributed by atoms with Crippen LogP contribution in [0.25, 0.3) is 0 Å². The minimum atomic E-state index is -0.438. The summed E-state index contributed by atoms with van der Waals surface area (Å²) in [7, 11) is 1.33. The Bertz CT molecular complexity index is 822. The van der Waals surface area contributed by atoms with Crippen LogP contribution in [0, 0.1) is 13.8 Å². The van der Waals surface area contributed by atoms with E-state index in [1.165, 1.54) is 68.0 Å². The number of hydrogen-bond acceptors (Lipinski definition) is 6. The number of anilines is 1. The fourth-order valence-electron chi connectivity index (χ4n) is 3.44. The first-order chi connectivity index (χ1) is 13.0. The van der Waals surface area contributed by atoms with Crippen molar-refractivity contribution >= 4 is 40.7 Å². The van der Waals surface area contributed by atoms with Gasteiger partial charge in [0.05, 0.1) is 24.2 Å². The van der Waals surface area contributed by atoms with Gasteiger partial charge in [-0.05, 0) is 38.1 Å². The minimum Gasteiger partial charge on any atom is -0.465 e. The number of aryl methyl sites for hydroxylation is 1. The van der Waals surface area contributed by atoms with E-state index in [0.717, 1.165) is 10.9 Å². The Balaban J connectivity index is 1.66. The van der Waals surface area contributed by atoms with Crippen LogP contribution in [-0.2, 0) is 9.53 Å². The monoisotopic (exact) mass is 407 g/mol. The van der Waals surface area contributed by atoms with Crippen LogP contribution in [0.3, 0.4) is 0 Å². The van der Waals surface area contributed by atoms with E-state index in [2.05, 4.69) is 21.8 Å². The summed E-state index contributed by atoms with van der Waals surface area (Å²) >= 11 is 2.71. The van der Waals surface area contributed by atoms with Crippen LogP contribution in [0.1, 0.15) is 59.2 Å². The molecule has 2 heterocycles. The molecule has 0 aromatic carbocycles. The number of imidazole rings is 1. The summed E-state index contributed by atoms with van der Waals surface area (Å²) in [4.78, 5) is 29.2. The first kappa shape index (κ1) is 19.9. The van der Waals surface area contributed by atoms with E-state index in [4.69, 9.17) is 4.74 Å². The van der Waals surface area contributed by atoms with Crippen LogP contribution in [-0.4, -0.2) is 34.3 Å². The van der Waals surface area contributed by atoms with Gasteiger partial charge in [0.1, 0.15) is 4.88 Å². The maximum atomic E-state index is 12.4. The molecule has 0 radical (unpaired) electrons. The topological polar surface area (TPSA) is 73.2 Å². The van der Waals surface area contributed by atoms with E-state index in [9.17, 15) is 9.59 Å². The van der Waals surface area contributed by atoms with Crippen LogP contribution in [0.2, 0.25) is 0 Å². The predicted molar refractivity (Wildman–Crippen MR) is 109 cm³/mol. The zero-order valence-corrected chi connectivity index (χ0v) is 17.5. The molecule has 8 heteroatoms. The molecule has 27 heavy (non-hydrogen) atoms. The Hall–Kier alpha value is -1.80. The van der Waals surface area contributed by atoms with Crippen molar-refractivity contribution in [2.45, 2.75) is 57.1 Å². The average Bonchev–Trinajstić information content (AvgIpc) is 3.24. The number of aromatic nitrogens is 2. The van der Waals surface area contributed by atoms with Crippen LogP contribution in [0.4, 0.5) is 5.69 Å². The van der Waals surface area contributed by atoms with Crippen LogP contribution in [0.15, 0.2) is 16.6 Å². The summed E-state index contributed by atoms with van der Waals surface area (Å²) in [5.74, 6) is -0.344. The second-order valence-corrected chi connectivity index (χ2v) is 8.58. The number of nitrogens with one attached hydrogen (secondary N) is 1. The molecule has 1 aliphatic carbocycles. The first-order valence-electron chi connectivity index (χ1n) is 9.15. The number of esters is 1. The molecular formula is C19H25N3O3S2. The lowest BCUT2D eigenvalue weighted by molar-refractivity contribution is -0.113. The fourth-order valence-corrected chi connectivity index (χ4v) is 5.17. The predicted octanol–water partition coefficient (Wildman–Crippen LogP) is 4.58. The lowest BCUT2D eigenvalue weighted by Crippen LogP contribution is -2.18. The van der Waals surface area contributed by atoms with Gasteiger partial charge in [0.2, 0.25) is 5.91 Å². The third kappa shape index (κ3) is 4.55. The summed E-state index contributed by atoms with van der Waals surface area (Å²) < 4.78 is 7.06. The Labute approximate surface area is 167 Å². The van der Waals surface area contributed by atoms with Crippen molar-refractivity contribution in [3.05, 3.63) is 27.7 Å². The highest BCUT2D eigenvalue weighted by Gasteiger charge is 2.23. The molecule has 1 amide bonds. The van der Waals surface area contributed by atoms with E-state index < -0.39 is 5.97 Å². The van der Waals surface area contributed by atoms with Gasteiger partial charge in [0.15, 0.2) is 5.16 Å². The number of carbonyl (C=O) groups excluding carboxylic acids is 2. The zero-order valence-electron chi connectivity index (χ0n) is 15.9. The summed E-state index contributed by atoms with van der Waals surface area (Å²) in [5, 5.41) is 5.48. The molecule has 0 spiro atoms. The molecule has 1 aliphatic rings. The third-order valence-electron chi connectivity index (χ3n) is 4.94. The number of amides is 1. The Morgan fingerprint density at radius 3 is 2.78 bits per heavy atom. The van der Waals surface area contributed by atoms with Crippen LogP contribution in [0.5, 0.6) is 0 Å². The molecule has 3 rings (SSSR count). The van der Waals surface area contributed by atoms with Gasteiger partial charge in [-0.1, -0.05) is 31.0 Å². The highest BCUT2D eigenvalue weighted by Crippen LogP contribution is 2.34. The van der Waals surface area contributed by atoms with Crippen LogP contribution < -0.4 is 5.32 Å². The molecule has 0 saturated heterocycles. The Morgan fingerprint density at radius 1 is 1.33 bits per heavy atom. The molecule has 0 aliphatic heterocycles. The van der Waals surface area contributed by atoms with E-state index in [0.29, 0.717) is 16.6 Å². The quantitative estimate of drug-likeness (QED) is 0.560. The molecule has 1 saturated carbocycles. The number of hydrogen-bond donors (Lipinski definition) is 1. The molecule has 0 unspecified atom stereocenters. The van der Waals surface area contributed by atoms with E-state index in [1.54, 1.807) is 11.4 Å². The normalized spacial score (nSPS) is 14.9. The van der Waals surface area contributed by atoms with Crippen molar-refractivity contribution in [1.82, 2.24) is 9.55 Å². The summed E-state index contributed by atoms with van der Waals surface area (Å²) in [5.41, 5.74) is 2.71. The summed E-state index contributed by atoms with van der Waals surface area (Å²) in [6.45, 7) is 4.13. The van der Waals surface area contributed by atoms with Crippen molar-refractivity contribution in [1.29, 1.82) is 0 Å².